The average Bonchev–Trinajstić information content (AvgIpc) is 1.52. The second-order valence-corrected chi connectivity index (χ2v) is 36.7. The number of ether oxygens (including phenoxy) is 1. The summed E-state index contributed by atoms with van der Waals surface area (Å²) in [5.74, 6) is 1.78. The van der Waals surface area contributed by atoms with Crippen LogP contribution in [0.15, 0.2) is 170 Å². The fourth-order valence-electron chi connectivity index (χ4n) is 14.2. The number of benzene rings is 9. The Labute approximate surface area is 617 Å². The fourth-order valence-corrected chi connectivity index (χ4v) is 15.8. The quantitative estimate of drug-likeness (QED) is 0.142. The molecule has 12 aromatic rings. The molecule has 7 heteroatoms. The molecule has 0 unspecified atom stereocenters. The van der Waals surface area contributed by atoms with Crippen LogP contribution in [0.5, 0.6) is 11.5 Å². The van der Waals surface area contributed by atoms with Crippen LogP contribution in [0.3, 0.4) is 0 Å². The van der Waals surface area contributed by atoms with Crippen LogP contribution < -0.4 is 14.5 Å². The van der Waals surface area contributed by atoms with E-state index in [0.29, 0.717) is 28.4 Å². The van der Waals surface area contributed by atoms with Gasteiger partial charge in [-0.25, -0.2) is 4.98 Å². The minimum atomic E-state index is -0.443. The Bertz CT molecular complexity index is 5350. The Morgan fingerprint density at radius 1 is 0.434 bits per heavy atom. The summed E-state index contributed by atoms with van der Waals surface area (Å²) in [7, 11) is 0. The van der Waals surface area contributed by atoms with Gasteiger partial charge in [0.15, 0.2) is 0 Å². The topological polar surface area (TPSA) is 33.5 Å². The first-order valence-corrected chi connectivity index (χ1v) is 35.7. The number of hydrogen-bond donors (Lipinski definition) is 0. The van der Waals surface area contributed by atoms with Crippen molar-refractivity contribution in [3.8, 4) is 50.7 Å². The summed E-state index contributed by atoms with van der Waals surface area (Å²) in [4.78, 5) is 9.52. The van der Waals surface area contributed by atoms with Crippen LogP contribution in [0.1, 0.15) is 218 Å². The normalized spacial score (nSPS) is 14.4. The van der Waals surface area contributed by atoms with E-state index in [4.69, 9.17) is 11.1 Å². The summed E-state index contributed by atoms with van der Waals surface area (Å²) in [5.41, 5.74) is 17.1. The molecule has 1 aliphatic rings. The first-order chi connectivity index (χ1) is 47.7. The number of anilines is 4. The Kier molecular flexibility index (Phi) is 16.2. The zero-order chi connectivity index (χ0) is 74.9. The van der Waals surface area contributed by atoms with Crippen molar-refractivity contribution < 1.29 is 32.7 Å². The molecule has 0 amide bonds. The molecular formula is C92H101N4OPtS-3. The fraction of sp³-hybridized carbons (Fsp3) is 0.348. The van der Waals surface area contributed by atoms with Gasteiger partial charge in [0.2, 0.25) is 0 Å². The largest absolute Gasteiger partial charge is 0.509 e. The minimum absolute atomic E-state index is 0. The average molecular weight is 1510 g/mol. The van der Waals surface area contributed by atoms with E-state index in [2.05, 4.69) is 321 Å². The Balaban J connectivity index is 0.0000102. The van der Waals surface area contributed by atoms with E-state index in [0.717, 1.165) is 77.9 Å². The van der Waals surface area contributed by atoms with E-state index in [1.807, 2.05) is 29.7 Å². The maximum atomic E-state index is 9.76. The molecule has 5 nitrogen and oxygen atoms in total. The first-order valence-electron chi connectivity index (χ1n) is 37.4. The van der Waals surface area contributed by atoms with Crippen molar-refractivity contribution in [2.45, 2.75) is 209 Å². The molecule has 13 rings (SSSR count). The van der Waals surface area contributed by atoms with Gasteiger partial charge >= 0.3 is 0 Å². The van der Waals surface area contributed by atoms with Gasteiger partial charge in [-0.3, -0.25) is 0 Å². The molecule has 4 heterocycles. The molecule has 0 spiro atoms. The van der Waals surface area contributed by atoms with Crippen molar-refractivity contribution in [3.05, 3.63) is 233 Å². The van der Waals surface area contributed by atoms with Crippen molar-refractivity contribution in [3.63, 3.8) is 0 Å². The summed E-state index contributed by atoms with van der Waals surface area (Å²) in [5, 5.41) is 4.77. The molecule has 1 aliphatic heterocycles. The van der Waals surface area contributed by atoms with Gasteiger partial charge < -0.3 is 19.1 Å². The third kappa shape index (κ3) is 13.3. The third-order valence-electron chi connectivity index (χ3n) is 19.7. The van der Waals surface area contributed by atoms with Crippen LogP contribution in [0.25, 0.3) is 81.2 Å². The van der Waals surface area contributed by atoms with E-state index in [1.165, 1.54) is 48.0 Å². The smallest absolute Gasteiger partial charge is 0.135 e. The zero-order valence-electron chi connectivity index (χ0n) is 67.8. The van der Waals surface area contributed by atoms with Gasteiger partial charge in [0.05, 0.1) is 6.85 Å². The SMILES string of the molecule is [2H]c1c([2H])c([2H])c(-c2cc(C(C)(C)C)cc(-c3cc(C(C)(C)C)cc(C(C)(C)C)c3)c2N2[CH-]N(c3[c-]c(Oc4[c-]c5c(cc4)c4c6sc7c(C(C)(C)C)ccc(C(C)(C)C)c7c6ccc4n5-c4cc(C(C)(C)C)ccn4)cc(-c4c(C(C)(C)C)cccc4C(C)(C)C)c3)c3ccccc32)c([2H])c1[2H].[Pt]. The van der Waals surface area contributed by atoms with Gasteiger partial charge in [-0.05, 0) is 152 Å². The molecule has 0 fully saturated rings. The minimum Gasteiger partial charge on any atom is -0.509 e. The second kappa shape index (κ2) is 24.8. The second-order valence-electron chi connectivity index (χ2n) is 35.6. The van der Waals surface area contributed by atoms with Gasteiger partial charge in [0.25, 0.3) is 0 Å². The van der Waals surface area contributed by atoms with Crippen molar-refractivity contribution in [2.75, 3.05) is 9.80 Å². The van der Waals surface area contributed by atoms with Crippen molar-refractivity contribution in [2.24, 2.45) is 0 Å². The molecule has 0 atom stereocenters. The Morgan fingerprint density at radius 3 is 1.56 bits per heavy atom. The summed E-state index contributed by atoms with van der Waals surface area (Å²) in [6.45, 7) is 56.4. The van der Waals surface area contributed by atoms with E-state index in [-0.39, 0.29) is 76.6 Å². The first kappa shape index (κ1) is 64.6. The van der Waals surface area contributed by atoms with Gasteiger partial charge in [0, 0.05) is 92.6 Å². The standard InChI is InChI=1S/C92H101N4OS.Pt/c1-85(2,3)59-43-44-93-78(52-59)96-76-42-39-67-80-72(91(19,20)21)40-41-73(92(22,23)24)84(80)98-83(67)81(76)66-38-37-64(54-77(66)96)97-65-48-58(79-70(89(13,14)15)33-30-34-71(79)90(16,17)18)47-63(53-65)94-55-95(75-36-29-28-35-74(75)94)82-68(56-31-26-25-27-32-56)50-62(88(10,11)12)51-69(82)57-45-60(86(4,5)6)49-61(46-57)87(7,8)9;/h25-52,55H,1-24H3;/q-3;/i25D,26D,27D,31D,32D;. The molecule has 9 aromatic carbocycles. The van der Waals surface area contributed by atoms with Gasteiger partial charge in [0.1, 0.15) is 5.82 Å². The van der Waals surface area contributed by atoms with Crippen LogP contribution in [-0.2, 0) is 64.4 Å². The van der Waals surface area contributed by atoms with E-state index >= 15 is 0 Å². The van der Waals surface area contributed by atoms with Crippen LogP contribution in [0.2, 0.25) is 0 Å². The van der Waals surface area contributed by atoms with Crippen LogP contribution in [0, 0.1) is 18.8 Å². The predicted octanol–water partition coefficient (Wildman–Crippen LogP) is 26.7. The summed E-state index contributed by atoms with van der Waals surface area (Å²) in [6, 6.07) is 54.6. The van der Waals surface area contributed by atoms with Gasteiger partial charge in [-0.15, -0.1) is 65.0 Å². The van der Waals surface area contributed by atoms with Crippen molar-refractivity contribution in [1.29, 1.82) is 0 Å². The molecule has 0 N–H and O–H groups in total. The molecule has 0 radical (unpaired) electrons. The number of nitrogens with zero attached hydrogens (tertiary/aromatic N) is 4. The number of fused-ring (bicyclic) bond motifs is 8. The predicted molar refractivity (Wildman–Crippen MR) is 423 cm³/mol. The van der Waals surface area contributed by atoms with Crippen LogP contribution in [-0.4, -0.2) is 9.55 Å². The van der Waals surface area contributed by atoms with E-state index in [1.54, 1.807) is 0 Å². The molecular weight excluding hydrogens is 1400 g/mol. The molecule has 0 saturated heterocycles. The number of hydrogen-bond acceptors (Lipinski definition) is 5. The van der Waals surface area contributed by atoms with Crippen LogP contribution >= 0.6 is 11.3 Å². The zero-order valence-corrected chi connectivity index (χ0v) is 65.9. The van der Waals surface area contributed by atoms with E-state index < -0.39 is 23.5 Å². The number of aromatic nitrogens is 2. The molecule has 0 aliphatic carbocycles. The van der Waals surface area contributed by atoms with Crippen molar-refractivity contribution >= 4 is 76.1 Å². The molecule has 514 valence electrons. The maximum absolute atomic E-state index is 9.76. The molecule has 0 bridgehead atoms. The summed E-state index contributed by atoms with van der Waals surface area (Å²) in [6.07, 6.45) is 1.93. The van der Waals surface area contributed by atoms with Crippen LogP contribution in [0.4, 0.5) is 22.7 Å². The van der Waals surface area contributed by atoms with Gasteiger partial charge in [-0.2, -0.15) is 6.07 Å². The van der Waals surface area contributed by atoms with Crippen molar-refractivity contribution in [1.82, 2.24) is 9.55 Å². The number of pyridine rings is 1. The Morgan fingerprint density at radius 2 is 0.980 bits per heavy atom. The third-order valence-corrected chi connectivity index (χ3v) is 21.0. The Hall–Kier alpha value is -7.76. The molecule has 0 saturated carbocycles. The monoisotopic (exact) mass is 1510 g/mol. The summed E-state index contributed by atoms with van der Waals surface area (Å²) >= 11 is 1.90. The number of rotatable bonds is 8. The molecule has 3 aromatic heterocycles. The van der Waals surface area contributed by atoms with Gasteiger partial charge in [-0.1, -0.05) is 269 Å². The summed E-state index contributed by atoms with van der Waals surface area (Å²) < 4.78 is 59.0. The number of para-hydroxylation sites is 2. The number of thiophene rings is 1. The maximum Gasteiger partial charge on any atom is 0.135 e. The molecule has 99 heavy (non-hydrogen) atoms. The van der Waals surface area contributed by atoms with E-state index in [9.17, 15) is 5.48 Å².